The van der Waals surface area contributed by atoms with Crippen molar-refractivity contribution in [2.75, 3.05) is 22.5 Å². The summed E-state index contributed by atoms with van der Waals surface area (Å²) >= 11 is 0. The number of anilines is 2. The Bertz CT molecular complexity index is 1150. The van der Waals surface area contributed by atoms with Crippen molar-refractivity contribution in [3.05, 3.63) is 89.7 Å². The number of ether oxygens (including phenoxy) is 1. The van der Waals surface area contributed by atoms with Gasteiger partial charge in [0.15, 0.2) is 6.61 Å². The zero-order valence-corrected chi connectivity index (χ0v) is 18.0. The van der Waals surface area contributed by atoms with E-state index in [0.29, 0.717) is 17.0 Å². The van der Waals surface area contributed by atoms with Crippen LogP contribution < -0.4 is 14.4 Å². The van der Waals surface area contributed by atoms with Crippen LogP contribution in [0.5, 0.6) is 5.75 Å². The van der Waals surface area contributed by atoms with Gasteiger partial charge in [-0.1, -0.05) is 30.3 Å². The Kier molecular flexibility index (Phi) is 6.91. The largest absolute Gasteiger partial charge is 0.484 e. The zero-order valence-electron chi connectivity index (χ0n) is 17.2. The Balaban J connectivity index is 1.65. The van der Waals surface area contributed by atoms with Gasteiger partial charge in [0, 0.05) is 5.69 Å². The average Bonchev–Trinajstić information content (AvgIpc) is 2.73. The summed E-state index contributed by atoms with van der Waals surface area (Å²) in [5.41, 5.74) is 2.75. The number of sulfonamides is 1. The number of aryl methyl sites for hydroxylation is 1. The molecule has 0 aliphatic heterocycles. The molecule has 3 rings (SSSR count). The van der Waals surface area contributed by atoms with Crippen molar-refractivity contribution in [1.29, 1.82) is 0 Å². The van der Waals surface area contributed by atoms with E-state index in [-0.39, 0.29) is 24.9 Å². The summed E-state index contributed by atoms with van der Waals surface area (Å²) in [5, 5.41) is 2.78. The molecule has 0 aliphatic rings. The van der Waals surface area contributed by atoms with Gasteiger partial charge >= 0.3 is 0 Å². The SMILES string of the molecule is Cc1ccccc1NC(=O)COc1ccc(N(Cc2ccc(F)cc2)S(C)(=O)=O)cc1. The van der Waals surface area contributed by atoms with Crippen molar-refractivity contribution >= 4 is 27.3 Å². The minimum absolute atomic E-state index is 0.0676. The lowest BCUT2D eigenvalue weighted by Gasteiger charge is -2.22. The van der Waals surface area contributed by atoms with Crippen LogP contribution in [0.3, 0.4) is 0 Å². The van der Waals surface area contributed by atoms with E-state index in [1.807, 2.05) is 31.2 Å². The topological polar surface area (TPSA) is 75.7 Å². The van der Waals surface area contributed by atoms with Gasteiger partial charge in [-0.05, 0) is 60.5 Å². The van der Waals surface area contributed by atoms with Gasteiger partial charge in [0.2, 0.25) is 10.0 Å². The quantitative estimate of drug-likeness (QED) is 0.570. The van der Waals surface area contributed by atoms with Crippen LogP contribution in [0, 0.1) is 12.7 Å². The third-order valence-corrected chi connectivity index (χ3v) is 5.69. The maximum Gasteiger partial charge on any atom is 0.262 e. The first-order valence-corrected chi connectivity index (χ1v) is 11.4. The Morgan fingerprint density at radius 1 is 1.00 bits per heavy atom. The maximum atomic E-state index is 13.1. The van der Waals surface area contributed by atoms with Crippen LogP contribution in [0.15, 0.2) is 72.8 Å². The number of nitrogens with one attached hydrogen (secondary N) is 1. The predicted octanol–water partition coefficient (Wildman–Crippen LogP) is 4.12. The number of hydrogen-bond acceptors (Lipinski definition) is 4. The van der Waals surface area contributed by atoms with E-state index < -0.39 is 10.0 Å². The van der Waals surface area contributed by atoms with Crippen molar-refractivity contribution in [2.24, 2.45) is 0 Å². The highest BCUT2D eigenvalue weighted by Crippen LogP contribution is 2.24. The second kappa shape index (κ2) is 9.61. The second-order valence-electron chi connectivity index (χ2n) is 7.04. The Morgan fingerprint density at radius 2 is 1.65 bits per heavy atom. The Hall–Kier alpha value is -3.39. The van der Waals surface area contributed by atoms with E-state index in [9.17, 15) is 17.6 Å². The van der Waals surface area contributed by atoms with Gasteiger partial charge in [-0.15, -0.1) is 0 Å². The van der Waals surface area contributed by atoms with Crippen LogP contribution >= 0.6 is 0 Å². The fourth-order valence-electron chi connectivity index (χ4n) is 2.91. The van der Waals surface area contributed by atoms with Crippen molar-refractivity contribution in [3.8, 4) is 5.75 Å². The van der Waals surface area contributed by atoms with Crippen molar-refractivity contribution in [3.63, 3.8) is 0 Å². The number of hydrogen-bond donors (Lipinski definition) is 1. The Morgan fingerprint density at radius 3 is 2.26 bits per heavy atom. The van der Waals surface area contributed by atoms with E-state index >= 15 is 0 Å². The van der Waals surface area contributed by atoms with Crippen LogP contribution in [-0.2, 0) is 21.4 Å². The first-order chi connectivity index (χ1) is 14.7. The number of carbonyl (C=O) groups is 1. The maximum absolute atomic E-state index is 13.1. The molecule has 0 heterocycles. The first kappa shape index (κ1) is 22.3. The molecule has 0 atom stereocenters. The fourth-order valence-corrected chi connectivity index (χ4v) is 3.80. The van der Waals surface area contributed by atoms with Crippen molar-refractivity contribution in [1.82, 2.24) is 0 Å². The monoisotopic (exact) mass is 442 g/mol. The highest BCUT2D eigenvalue weighted by molar-refractivity contribution is 7.92. The van der Waals surface area contributed by atoms with Crippen LogP contribution in [0.25, 0.3) is 0 Å². The molecule has 162 valence electrons. The number of nitrogens with zero attached hydrogens (tertiary/aromatic N) is 1. The summed E-state index contributed by atoms with van der Waals surface area (Å²) in [4.78, 5) is 12.1. The van der Waals surface area contributed by atoms with E-state index in [1.165, 1.54) is 28.6 Å². The highest BCUT2D eigenvalue weighted by atomic mass is 32.2. The lowest BCUT2D eigenvalue weighted by atomic mass is 10.2. The van der Waals surface area contributed by atoms with E-state index in [2.05, 4.69) is 5.32 Å². The molecular weight excluding hydrogens is 419 g/mol. The molecule has 0 spiro atoms. The molecule has 0 saturated carbocycles. The number of benzene rings is 3. The summed E-state index contributed by atoms with van der Waals surface area (Å²) in [7, 11) is -3.57. The molecular formula is C23H23FN2O4S. The highest BCUT2D eigenvalue weighted by Gasteiger charge is 2.18. The van der Waals surface area contributed by atoms with Gasteiger partial charge in [-0.25, -0.2) is 12.8 Å². The lowest BCUT2D eigenvalue weighted by Crippen LogP contribution is -2.29. The first-order valence-electron chi connectivity index (χ1n) is 9.53. The molecule has 31 heavy (non-hydrogen) atoms. The van der Waals surface area contributed by atoms with Crippen molar-refractivity contribution in [2.45, 2.75) is 13.5 Å². The third-order valence-electron chi connectivity index (χ3n) is 4.55. The smallest absolute Gasteiger partial charge is 0.262 e. The molecule has 0 saturated heterocycles. The van der Waals surface area contributed by atoms with Crippen LogP contribution in [0.4, 0.5) is 15.8 Å². The number of para-hydroxylation sites is 1. The summed E-state index contributed by atoms with van der Waals surface area (Å²) in [6.07, 6.45) is 1.11. The normalized spacial score (nSPS) is 11.1. The predicted molar refractivity (Wildman–Crippen MR) is 119 cm³/mol. The number of rotatable bonds is 8. The molecule has 0 aromatic heterocycles. The number of halogens is 1. The molecule has 0 radical (unpaired) electrons. The lowest BCUT2D eigenvalue weighted by molar-refractivity contribution is -0.118. The number of amides is 1. The minimum atomic E-state index is -3.57. The van der Waals surface area contributed by atoms with E-state index in [4.69, 9.17) is 4.74 Å². The van der Waals surface area contributed by atoms with Gasteiger partial charge < -0.3 is 10.1 Å². The molecule has 0 unspecified atom stereocenters. The fraction of sp³-hybridized carbons (Fsp3) is 0.174. The van der Waals surface area contributed by atoms with Gasteiger partial charge in [-0.3, -0.25) is 9.10 Å². The average molecular weight is 443 g/mol. The molecule has 6 nitrogen and oxygen atoms in total. The third kappa shape index (κ3) is 6.29. The molecule has 1 amide bonds. The van der Waals surface area contributed by atoms with Crippen LogP contribution in [0.2, 0.25) is 0 Å². The van der Waals surface area contributed by atoms with Crippen molar-refractivity contribution < 1.29 is 22.3 Å². The number of carbonyl (C=O) groups excluding carboxylic acids is 1. The van der Waals surface area contributed by atoms with Crippen LogP contribution in [-0.4, -0.2) is 27.2 Å². The van der Waals surface area contributed by atoms with Gasteiger partial charge in [0.1, 0.15) is 11.6 Å². The zero-order chi connectivity index (χ0) is 22.4. The van der Waals surface area contributed by atoms with Gasteiger partial charge in [0.25, 0.3) is 5.91 Å². The molecule has 1 N–H and O–H groups in total. The molecule has 3 aromatic rings. The summed E-state index contributed by atoms with van der Waals surface area (Å²) in [6.45, 7) is 1.78. The summed E-state index contributed by atoms with van der Waals surface area (Å²) in [5.74, 6) is -0.256. The summed E-state index contributed by atoms with van der Waals surface area (Å²) in [6, 6.07) is 19.5. The van der Waals surface area contributed by atoms with E-state index in [0.717, 1.165) is 17.5 Å². The van der Waals surface area contributed by atoms with Crippen LogP contribution in [0.1, 0.15) is 11.1 Å². The molecule has 0 fully saturated rings. The molecule has 8 heteroatoms. The summed E-state index contributed by atoms with van der Waals surface area (Å²) < 4.78 is 44.4. The van der Waals surface area contributed by atoms with E-state index in [1.54, 1.807) is 24.3 Å². The molecule has 3 aromatic carbocycles. The van der Waals surface area contributed by atoms with Gasteiger partial charge in [0.05, 0.1) is 18.5 Å². The Labute approximate surface area is 181 Å². The second-order valence-corrected chi connectivity index (χ2v) is 8.95. The minimum Gasteiger partial charge on any atom is -0.484 e. The van der Waals surface area contributed by atoms with Gasteiger partial charge in [-0.2, -0.15) is 0 Å². The standard InChI is InChI=1S/C23H23FN2O4S/c1-17-5-3-4-6-22(17)25-23(27)16-30-21-13-11-20(12-14-21)26(31(2,28)29)15-18-7-9-19(24)10-8-18/h3-14H,15-16H2,1-2H3,(H,25,27). The molecule has 0 aliphatic carbocycles. The molecule has 0 bridgehead atoms.